The number of nitrogens with one attached hydrogen (secondary N) is 4. The summed E-state index contributed by atoms with van der Waals surface area (Å²) >= 11 is 0. The number of carbonyl (C=O) groups is 2. The second kappa shape index (κ2) is 12.8. The molecule has 6 N–H and O–H groups in total. The van der Waals surface area contributed by atoms with Crippen molar-refractivity contribution in [2.45, 2.75) is 116 Å². The minimum absolute atomic E-state index is 0.000176. The molecule has 230 valence electrons. The fourth-order valence-electron chi connectivity index (χ4n) is 7.34. The molecule has 41 heavy (non-hydrogen) atoms. The molecule has 2 saturated heterocycles. The predicted molar refractivity (Wildman–Crippen MR) is 155 cm³/mol. The summed E-state index contributed by atoms with van der Waals surface area (Å²) in [4.78, 5) is 41.3. The maximum atomic E-state index is 13.7. The Kier molecular flexibility index (Phi) is 9.85. The van der Waals surface area contributed by atoms with E-state index in [2.05, 4.69) is 55.6 Å². The fraction of sp³-hybridized carbons (Fsp3) is 0.889. The number of nitrogens with zero attached hydrogens (tertiary/aromatic N) is 2. The molecule has 2 heterocycles. The van der Waals surface area contributed by atoms with Gasteiger partial charge in [-0.2, -0.15) is 0 Å². The van der Waals surface area contributed by atoms with E-state index >= 15 is 0 Å². The summed E-state index contributed by atoms with van der Waals surface area (Å²) in [5.74, 6) is 0.0989. The highest BCUT2D eigenvalue weighted by molar-refractivity contribution is 6.48. The smallest absolute Gasteiger partial charge is 0.404 e. The van der Waals surface area contributed by atoms with E-state index < -0.39 is 23.8 Å². The Labute approximate surface area is 243 Å². The van der Waals surface area contributed by atoms with Gasteiger partial charge in [-0.25, -0.2) is 15.1 Å². The summed E-state index contributed by atoms with van der Waals surface area (Å²) in [7, 11) is -0.569. The number of amides is 2. The van der Waals surface area contributed by atoms with Crippen LogP contribution < -0.4 is 27.1 Å². The van der Waals surface area contributed by atoms with Crippen LogP contribution in [0.5, 0.6) is 0 Å². The lowest BCUT2D eigenvalue weighted by Crippen LogP contribution is -2.65. The highest BCUT2D eigenvalue weighted by Gasteiger charge is 2.68. The first kappa shape index (κ1) is 31.5. The van der Waals surface area contributed by atoms with Gasteiger partial charge in [0.2, 0.25) is 11.8 Å². The third kappa shape index (κ3) is 7.14. The van der Waals surface area contributed by atoms with Crippen LogP contribution in [0.4, 0.5) is 0 Å². The molecule has 0 aromatic rings. The first-order chi connectivity index (χ1) is 19.3. The minimum atomic E-state index is -0.813. The SMILES string of the molecule is CC(C)C[C@H](NC(=O)[C@H](CCCN=C(N)N[N+](=O)[O-])NC(=O)[C@@H]1CCCCN1)B1O[C@@H]2C[C@@H]3C[C@@H](C3(C)C)[C@]2(C)O1. The Morgan fingerprint density at radius 3 is 2.61 bits per heavy atom. The van der Waals surface area contributed by atoms with Crippen LogP contribution in [-0.4, -0.2) is 72.7 Å². The van der Waals surface area contributed by atoms with Crippen LogP contribution in [0.1, 0.15) is 86.0 Å². The second-order valence-electron chi connectivity index (χ2n) is 13.4. The van der Waals surface area contributed by atoms with E-state index in [0.29, 0.717) is 37.5 Å². The fourth-order valence-corrected chi connectivity index (χ4v) is 7.34. The zero-order valence-corrected chi connectivity index (χ0v) is 25.1. The van der Waals surface area contributed by atoms with E-state index in [1.807, 2.05) is 0 Å². The van der Waals surface area contributed by atoms with Crippen molar-refractivity contribution in [2.75, 3.05) is 13.1 Å². The summed E-state index contributed by atoms with van der Waals surface area (Å²) in [5, 5.41) is 19.1. The van der Waals surface area contributed by atoms with Crippen LogP contribution in [0.15, 0.2) is 4.99 Å². The normalized spacial score (nSPS) is 32.0. The molecule has 7 atom stereocenters. The van der Waals surface area contributed by atoms with Crippen LogP contribution in [0.2, 0.25) is 0 Å². The minimum Gasteiger partial charge on any atom is -0.404 e. The van der Waals surface area contributed by atoms with Gasteiger partial charge >= 0.3 is 7.12 Å². The Morgan fingerprint density at radius 1 is 1.22 bits per heavy atom. The molecule has 3 aliphatic carbocycles. The quantitative estimate of drug-likeness (QED) is 0.0570. The molecular weight excluding hydrogens is 529 g/mol. The maximum absolute atomic E-state index is 13.7. The van der Waals surface area contributed by atoms with E-state index in [1.165, 1.54) is 0 Å². The molecule has 5 fully saturated rings. The van der Waals surface area contributed by atoms with Gasteiger partial charge in [-0.1, -0.05) is 39.5 Å². The number of hydrazine groups is 1. The van der Waals surface area contributed by atoms with Crippen LogP contribution in [-0.2, 0) is 18.9 Å². The van der Waals surface area contributed by atoms with Crippen molar-refractivity contribution in [3.8, 4) is 0 Å². The lowest BCUT2D eigenvalue weighted by molar-refractivity contribution is -0.525. The molecule has 3 saturated carbocycles. The van der Waals surface area contributed by atoms with Crippen molar-refractivity contribution >= 4 is 24.9 Å². The van der Waals surface area contributed by atoms with E-state index in [1.54, 1.807) is 5.43 Å². The van der Waals surface area contributed by atoms with Crippen LogP contribution in [0, 0.1) is 33.3 Å². The number of guanidine groups is 1. The van der Waals surface area contributed by atoms with Gasteiger partial charge in [0.25, 0.3) is 5.96 Å². The first-order valence-corrected chi connectivity index (χ1v) is 15.2. The Morgan fingerprint density at radius 2 is 1.98 bits per heavy atom. The molecule has 0 aromatic heterocycles. The number of nitro groups is 1. The number of piperidine rings is 1. The van der Waals surface area contributed by atoms with Gasteiger partial charge in [0.05, 0.1) is 23.7 Å². The molecule has 0 unspecified atom stereocenters. The first-order valence-electron chi connectivity index (χ1n) is 15.2. The predicted octanol–water partition coefficient (Wildman–Crippen LogP) is 1.29. The molecule has 2 aliphatic heterocycles. The topological polar surface area (TPSA) is 182 Å². The van der Waals surface area contributed by atoms with Gasteiger partial charge in [0.1, 0.15) is 6.04 Å². The number of rotatable bonds is 12. The van der Waals surface area contributed by atoms with Crippen molar-refractivity contribution in [3.05, 3.63) is 10.1 Å². The molecule has 0 aromatic carbocycles. The van der Waals surface area contributed by atoms with Gasteiger partial charge in [-0.15, -0.1) is 0 Å². The maximum Gasteiger partial charge on any atom is 0.481 e. The third-order valence-corrected chi connectivity index (χ3v) is 9.75. The molecule has 14 heteroatoms. The van der Waals surface area contributed by atoms with Crippen molar-refractivity contribution in [1.29, 1.82) is 0 Å². The van der Waals surface area contributed by atoms with E-state index in [4.69, 9.17) is 15.0 Å². The highest BCUT2D eigenvalue weighted by atomic mass is 16.7. The van der Waals surface area contributed by atoms with Gasteiger partial charge in [0.15, 0.2) is 5.03 Å². The largest absolute Gasteiger partial charge is 0.481 e. The molecular formula is C27H48BN7O6. The number of nitrogens with two attached hydrogens (primary N) is 1. The van der Waals surface area contributed by atoms with Gasteiger partial charge in [-0.3, -0.25) is 9.59 Å². The van der Waals surface area contributed by atoms with E-state index in [9.17, 15) is 19.7 Å². The van der Waals surface area contributed by atoms with Crippen LogP contribution in [0.3, 0.4) is 0 Å². The van der Waals surface area contributed by atoms with E-state index in [0.717, 1.165) is 32.2 Å². The van der Waals surface area contributed by atoms with Crippen molar-refractivity contribution in [1.82, 2.24) is 21.4 Å². The number of hydrogen-bond acceptors (Lipinski definition) is 8. The van der Waals surface area contributed by atoms with Gasteiger partial charge in [-0.05, 0) is 81.6 Å². The Balaban J connectivity index is 1.43. The Hall–Kier alpha value is -2.45. The Bertz CT molecular complexity index is 1010. The zero-order valence-electron chi connectivity index (χ0n) is 25.1. The third-order valence-electron chi connectivity index (χ3n) is 9.75. The van der Waals surface area contributed by atoms with Gasteiger partial charge < -0.3 is 31.0 Å². The summed E-state index contributed by atoms with van der Waals surface area (Å²) in [6, 6.07) is -1.16. The zero-order chi connectivity index (χ0) is 29.9. The lowest BCUT2D eigenvalue weighted by atomic mass is 9.43. The summed E-state index contributed by atoms with van der Waals surface area (Å²) in [6.45, 7) is 11.9. The monoisotopic (exact) mass is 577 g/mol. The number of hydrogen-bond donors (Lipinski definition) is 5. The van der Waals surface area contributed by atoms with Crippen molar-refractivity contribution < 1.29 is 23.9 Å². The standard InChI is InChI=1S/C27H48BN7O6/c1-16(2)13-22(28-40-21-15-17-14-20(26(17,3)4)27(21,5)41-28)33-24(37)19(10-8-12-31-25(29)34-35(38)39)32-23(36)18-9-6-7-11-30-18/h16-22,30H,6-15H2,1-5H3,(H,32,36)(H,33,37)(H3,29,31,34)/t17-,18-,19-,20-,21+,22-,27-/m0/s1. The molecule has 5 rings (SSSR count). The molecule has 0 spiro atoms. The second-order valence-corrected chi connectivity index (χ2v) is 13.4. The average Bonchev–Trinajstić information content (AvgIpc) is 3.26. The van der Waals surface area contributed by atoms with Crippen LogP contribution in [0.25, 0.3) is 0 Å². The van der Waals surface area contributed by atoms with Gasteiger partial charge in [0, 0.05) is 6.54 Å². The molecule has 0 radical (unpaired) electrons. The van der Waals surface area contributed by atoms with Crippen LogP contribution >= 0.6 is 0 Å². The molecule has 2 amide bonds. The lowest BCUT2D eigenvalue weighted by Gasteiger charge is -2.64. The summed E-state index contributed by atoms with van der Waals surface area (Å²) in [6.07, 6.45) is 6.12. The number of carbonyl (C=O) groups excluding carboxylic acids is 2. The van der Waals surface area contributed by atoms with Crippen molar-refractivity contribution in [2.24, 2.45) is 33.9 Å². The summed E-state index contributed by atoms with van der Waals surface area (Å²) < 4.78 is 13.2. The van der Waals surface area contributed by atoms with E-state index in [-0.39, 0.29) is 53.7 Å². The number of aliphatic imine (C=N–C) groups is 1. The molecule has 2 bridgehead atoms. The average molecular weight is 578 g/mol. The molecule has 5 aliphatic rings. The van der Waals surface area contributed by atoms with Crippen molar-refractivity contribution in [3.63, 3.8) is 0 Å². The molecule has 13 nitrogen and oxygen atoms in total. The summed E-state index contributed by atoms with van der Waals surface area (Å²) in [5.41, 5.74) is 7.14. The highest BCUT2D eigenvalue weighted by Crippen LogP contribution is 2.65.